The lowest BCUT2D eigenvalue weighted by Crippen LogP contribution is -2.32. The highest BCUT2D eigenvalue weighted by Gasteiger charge is 2.41. The molecule has 0 spiro atoms. The number of methoxy groups -OCH3 is 1. The van der Waals surface area contributed by atoms with Gasteiger partial charge in [-0.2, -0.15) is 0 Å². The molecule has 5 rings (SSSR count). The number of rotatable bonds is 5. The summed E-state index contributed by atoms with van der Waals surface area (Å²) in [5.74, 6) is 1.65. The molecule has 0 radical (unpaired) electrons. The molecule has 0 aromatic carbocycles. The van der Waals surface area contributed by atoms with E-state index in [4.69, 9.17) is 9.72 Å². The first kappa shape index (κ1) is 17.5. The second kappa shape index (κ2) is 6.46. The third-order valence-corrected chi connectivity index (χ3v) is 6.01. The zero-order valence-electron chi connectivity index (χ0n) is 16.1. The van der Waals surface area contributed by atoms with E-state index in [9.17, 15) is 5.11 Å². The molecular formula is C21H25N5O2. The summed E-state index contributed by atoms with van der Waals surface area (Å²) in [5, 5.41) is 16.5. The molecule has 1 aliphatic carbocycles. The van der Waals surface area contributed by atoms with E-state index in [0.29, 0.717) is 6.54 Å². The maximum atomic E-state index is 10.0. The van der Waals surface area contributed by atoms with E-state index in [1.165, 1.54) is 18.4 Å². The Morgan fingerprint density at radius 1 is 1.32 bits per heavy atom. The average Bonchev–Trinajstić information content (AvgIpc) is 3.12. The van der Waals surface area contributed by atoms with Crippen LogP contribution in [0.2, 0.25) is 0 Å². The number of hydrogen-bond donors (Lipinski definition) is 3. The number of aliphatic hydroxyl groups is 1. The number of ether oxygens (including phenoxy) is 1. The number of aliphatic hydroxyl groups excluding tert-OH is 1. The number of nitrogens with one attached hydrogen (secondary N) is 2. The van der Waals surface area contributed by atoms with Gasteiger partial charge in [-0.05, 0) is 30.4 Å². The Hall–Kier alpha value is -2.64. The molecule has 28 heavy (non-hydrogen) atoms. The van der Waals surface area contributed by atoms with Gasteiger partial charge in [0.1, 0.15) is 17.2 Å². The number of imidazole rings is 1. The fraction of sp³-hybridized carbons (Fsp3) is 0.429. The van der Waals surface area contributed by atoms with E-state index >= 15 is 0 Å². The van der Waals surface area contributed by atoms with Crippen molar-refractivity contribution in [3.8, 4) is 17.1 Å². The summed E-state index contributed by atoms with van der Waals surface area (Å²) in [7, 11) is 1.72. The number of hydrogen-bond acceptors (Lipinski definition) is 6. The van der Waals surface area contributed by atoms with E-state index in [1.807, 2.05) is 30.5 Å². The van der Waals surface area contributed by atoms with Crippen molar-refractivity contribution in [2.75, 3.05) is 25.5 Å². The fourth-order valence-electron chi connectivity index (χ4n) is 3.93. The highest BCUT2D eigenvalue weighted by molar-refractivity contribution is 5.64. The van der Waals surface area contributed by atoms with Gasteiger partial charge in [-0.1, -0.05) is 13.0 Å². The minimum absolute atomic E-state index is 0.0318. The van der Waals surface area contributed by atoms with Gasteiger partial charge in [0.25, 0.3) is 0 Å². The summed E-state index contributed by atoms with van der Waals surface area (Å²) < 4.78 is 7.73. The average molecular weight is 379 g/mol. The predicted molar refractivity (Wildman–Crippen MR) is 108 cm³/mol. The molecule has 3 aromatic heterocycles. The minimum Gasteiger partial charge on any atom is -0.496 e. The highest BCUT2D eigenvalue weighted by atomic mass is 16.5. The lowest BCUT2D eigenvalue weighted by atomic mass is 9.99. The third kappa shape index (κ3) is 2.91. The summed E-state index contributed by atoms with van der Waals surface area (Å²) in [6, 6.07) is 7.87. The molecule has 2 fully saturated rings. The molecule has 0 amide bonds. The van der Waals surface area contributed by atoms with Crippen molar-refractivity contribution in [2.45, 2.75) is 37.3 Å². The van der Waals surface area contributed by atoms with Crippen molar-refractivity contribution in [2.24, 2.45) is 0 Å². The molecule has 4 heterocycles. The Kier molecular flexibility index (Phi) is 4.03. The Morgan fingerprint density at radius 3 is 2.89 bits per heavy atom. The van der Waals surface area contributed by atoms with Crippen molar-refractivity contribution < 1.29 is 9.84 Å². The molecule has 7 heteroatoms. The second-order valence-electron chi connectivity index (χ2n) is 8.07. The van der Waals surface area contributed by atoms with E-state index < -0.39 is 6.10 Å². The van der Waals surface area contributed by atoms with Crippen LogP contribution >= 0.6 is 0 Å². The number of nitrogens with zero attached hydrogens (tertiary/aromatic N) is 3. The Bertz CT molecular complexity index is 1030. The molecule has 2 atom stereocenters. The largest absolute Gasteiger partial charge is 0.496 e. The van der Waals surface area contributed by atoms with Crippen LogP contribution in [0.4, 0.5) is 5.82 Å². The van der Waals surface area contributed by atoms with Crippen LogP contribution in [0.3, 0.4) is 0 Å². The zero-order valence-corrected chi connectivity index (χ0v) is 16.1. The normalized spacial score (nSPS) is 23.1. The molecule has 0 unspecified atom stereocenters. The van der Waals surface area contributed by atoms with Crippen LogP contribution in [0, 0.1) is 0 Å². The number of anilines is 1. The number of fused-ring (bicyclic) bond motifs is 1. The van der Waals surface area contributed by atoms with Crippen LogP contribution in [0.5, 0.6) is 5.75 Å². The van der Waals surface area contributed by atoms with Gasteiger partial charge < -0.3 is 20.5 Å². The van der Waals surface area contributed by atoms with Crippen molar-refractivity contribution in [1.29, 1.82) is 0 Å². The summed E-state index contributed by atoms with van der Waals surface area (Å²) in [6.45, 7) is 3.61. The number of aromatic nitrogens is 3. The van der Waals surface area contributed by atoms with Gasteiger partial charge in [0, 0.05) is 30.9 Å². The van der Waals surface area contributed by atoms with E-state index in [0.717, 1.165) is 35.1 Å². The topological polar surface area (TPSA) is 83.7 Å². The molecule has 1 aliphatic heterocycles. The zero-order chi connectivity index (χ0) is 19.3. The van der Waals surface area contributed by atoms with E-state index in [-0.39, 0.29) is 11.5 Å². The Labute approximate surface area is 163 Å². The molecule has 3 N–H and O–H groups in total. The molecule has 0 bridgehead atoms. The quantitative estimate of drug-likeness (QED) is 0.630. The van der Waals surface area contributed by atoms with Crippen molar-refractivity contribution in [1.82, 2.24) is 19.7 Å². The van der Waals surface area contributed by atoms with Crippen molar-refractivity contribution in [3.63, 3.8) is 0 Å². The summed E-state index contributed by atoms with van der Waals surface area (Å²) in [5.41, 5.74) is 4.03. The first-order valence-corrected chi connectivity index (χ1v) is 9.76. The van der Waals surface area contributed by atoms with Gasteiger partial charge in [-0.3, -0.25) is 4.40 Å². The smallest absolute Gasteiger partial charge is 0.140 e. The first-order chi connectivity index (χ1) is 13.6. The van der Waals surface area contributed by atoms with Crippen LogP contribution in [0.1, 0.15) is 25.3 Å². The Morgan fingerprint density at radius 2 is 2.18 bits per heavy atom. The maximum absolute atomic E-state index is 10.0. The fourth-order valence-corrected chi connectivity index (χ4v) is 3.93. The van der Waals surface area contributed by atoms with Gasteiger partial charge in [0.15, 0.2) is 0 Å². The van der Waals surface area contributed by atoms with Gasteiger partial charge in [-0.15, -0.1) is 0 Å². The minimum atomic E-state index is -0.407. The molecule has 7 nitrogen and oxygen atoms in total. The van der Waals surface area contributed by atoms with Gasteiger partial charge in [-0.25, -0.2) is 9.97 Å². The van der Waals surface area contributed by atoms with E-state index in [2.05, 4.69) is 33.1 Å². The molecular weight excluding hydrogens is 354 g/mol. The summed E-state index contributed by atoms with van der Waals surface area (Å²) in [4.78, 5) is 9.34. The molecule has 146 valence electrons. The lowest BCUT2D eigenvalue weighted by Gasteiger charge is -2.17. The van der Waals surface area contributed by atoms with Crippen LogP contribution in [0.25, 0.3) is 17.0 Å². The second-order valence-corrected chi connectivity index (χ2v) is 8.07. The van der Waals surface area contributed by atoms with Gasteiger partial charge in [0.05, 0.1) is 36.8 Å². The molecule has 2 aliphatic rings. The number of β-amino-alcohol motifs (C(OH)–C–C–N with tert-alkyl or cyclic N) is 1. The van der Waals surface area contributed by atoms with Crippen LogP contribution in [-0.2, 0) is 5.41 Å². The molecule has 3 aromatic rings. The number of pyridine rings is 2. The standard InChI is InChI=1S/C21H25N5O2/c1-21(6-7-21)13-12-26-16(10-23-20(26)8-18(13)28-2)14-4-3-5-19(24-14)25-15-9-22-11-17(15)27/h3-5,8,10,12,15,17,22,27H,6-7,9,11H2,1-2H3,(H,24,25)/t15-,17-/m0/s1. The van der Waals surface area contributed by atoms with Crippen LogP contribution in [0.15, 0.2) is 36.7 Å². The van der Waals surface area contributed by atoms with Gasteiger partial charge in [0.2, 0.25) is 0 Å². The Balaban J connectivity index is 1.53. The van der Waals surface area contributed by atoms with Crippen molar-refractivity contribution in [3.05, 3.63) is 42.2 Å². The first-order valence-electron chi connectivity index (χ1n) is 9.76. The van der Waals surface area contributed by atoms with Gasteiger partial charge >= 0.3 is 0 Å². The van der Waals surface area contributed by atoms with Crippen LogP contribution < -0.4 is 15.4 Å². The maximum Gasteiger partial charge on any atom is 0.140 e. The molecule has 1 saturated heterocycles. The monoisotopic (exact) mass is 379 g/mol. The van der Waals surface area contributed by atoms with E-state index in [1.54, 1.807) is 7.11 Å². The lowest BCUT2D eigenvalue weighted by molar-refractivity contribution is 0.185. The molecule has 1 saturated carbocycles. The third-order valence-electron chi connectivity index (χ3n) is 6.01. The predicted octanol–water partition coefficient (Wildman–Crippen LogP) is 2.20. The SMILES string of the molecule is COc1cc2ncc(-c3cccc(N[C@H]4CNC[C@@H]4O)n3)n2cc1C1(C)CC1. The summed E-state index contributed by atoms with van der Waals surface area (Å²) >= 11 is 0. The van der Waals surface area contributed by atoms with Crippen molar-refractivity contribution >= 4 is 11.5 Å². The highest BCUT2D eigenvalue weighted by Crippen LogP contribution is 2.51. The van der Waals surface area contributed by atoms with Crippen LogP contribution in [-0.4, -0.2) is 51.8 Å². The summed E-state index contributed by atoms with van der Waals surface area (Å²) in [6.07, 6.45) is 5.94.